The van der Waals surface area contributed by atoms with Crippen LogP contribution in [0.5, 0.6) is 0 Å². The van der Waals surface area contributed by atoms with Crippen LogP contribution >= 0.6 is 11.6 Å². The quantitative estimate of drug-likeness (QED) is 0.483. The van der Waals surface area contributed by atoms with E-state index in [1.54, 1.807) is 6.07 Å². The number of nitrogens with one attached hydrogen (secondary N) is 4. The number of halogens is 1. The van der Waals surface area contributed by atoms with Crippen LogP contribution in [-0.2, 0) is 4.79 Å². The lowest BCUT2D eigenvalue weighted by atomic mass is 10.3. The van der Waals surface area contributed by atoms with Gasteiger partial charge < -0.3 is 16.0 Å². The molecule has 2 heterocycles. The summed E-state index contributed by atoms with van der Waals surface area (Å²) in [6.07, 6.45) is 1.92. The molecule has 25 heavy (non-hydrogen) atoms. The van der Waals surface area contributed by atoms with Gasteiger partial charge in [0.1, 0.15) is 17.5 Å². The van der Waals surface area contributed by atoms with Crippen molar-refractivity contribution in [3.63, 3.8) is 0 Å². The summed E-state index contributed by atoms with van der Waals surface area (Å²) < 4.78 is 0. The molecule has 3 aromatic rings. The van der Waals surface area contributed by atoms with Crippen LogP contribution in [0.25, 0.3) is 11.0 Å². The maximum atomic E-state index is 11.3. The van der Waals surface area contributed by atoms with Crippen molar-refractivity contribution in [1.82, 2.24) is 25.5 Å². The van der Waals surface area contributed by atoms with E-state index in [1.807, 2.05) is 25.1 Å². The molecule has 0 atom stereocenters. The zero-order valence-electron chi connectivity index (χ0n) is 13.6. The molecule has 130 valence electrons. The molecule has 9 heteroatoms. The van der Waals surface area contributed by atoms with Crippen molar-refractivity contribution in [2.45, 2.75) is 13.3 Å². The number of nitrogens with zero attached hydrogens (tertiary/aromatic N) is 3. The SMILES string of the molecule is CCC(=O)NCCNc1n[nH]c2ncnc(Nc3cccc(Cl)c3)c12. The Balaban J connectivity index is 1.77. The molecule has 0 saturated heterocycles. The van der Waals surface area contributed by atoms with Crippen LogP contribution in [-0.4, -0.2) is 39.2 Å². The van der Waals surface area contributed by atoms with E-state index in [-0.39, 0.29) is 5.91 Å². The Hall–Kier alpha value is -2.87. The molecule has 0 unspecified atom stereocenters. The summed E-state index contributed by atoms with van der Waals surface area (Å²) >= 11 is 6.02. The summed E-state index contributed by atoms with van der Waals surface area (Å²) in [5.74, 6) is 1.24. The average Bonchev–Trinajstić information content (AvgIpc) is 3.03. The van der Waals surface area contributed by atoms with Gasteiger partial charge in [0.2, 0.25) is 5.91 Å². The summed E-state index contributed by atoms with van der Waals surface area (Å²) in [5.41, 5.74) is 1.43. The van der Waals surface area contributed by atoms with E-state index in [9.17, 15) is 4.79 Å². The third-order valence-electron chi connectivity index (χ3n) is 3.51. The molecule has 0 aliphatic rings. The number of hydrogen-bond acceptors (Lipinski definition) is 6. The third-order valence-corrected chi connectivity index (χ3v) is 3.74. The second-order valence-corrected chi connectivity index (χ2v) is 5.72. The summed E-state index contributed by atoms with van der Waals surface area (Å²) in [5, 5.41) is 17.7. The molecule has 3 rings (SSSR count). The number of rotatable bonds is 7. The fraction of sp³-hybridized carbons (Fsp3) is 0.250. The maximum Gasteiger partial charge on any atom is 0.219 e. The molecule has 4 N–H and O–H groups in total. The van der Waals surface area contributed by atoms with Crippen LogP contribution in [0.1, 0.15) is 13.3 Å². The fourth-order valence-electron chi connectivity index (χ4n) is 2.29. The highest BCUT2D eigenvalue weighted by molar-refractivity contribution is 6.30. The molecule has 0 aliphatic carbocycles. The fourth-order valence-corrected chi connectivity index (χ4v) is 2.48. The Kier molecular flexibility index (Phi) is 5.30. The summed E-state index contributed by atoms with van der Waals surface area (Å²) in [6.45, 7) is 2.86. The first-order chi connectivity index (χ1) is 12.2. The summed E-state index contributed by atoms with van der Waals surface area (Å²) in [7, 11) is 0. The Morgan fingerprint density at radius 2 is 2.12 bits per heavy atom. The summed E-state index contributed by atoms with van der Waals surface area (Å²) in [6, 6.07) is 7.36. The minimum Gasteiger partial charge on any atom is -0.366 e. The number of aromatic amines is 1. The van der Waals surface area contributed by atoms with Crippen LogP contribution in [0.4, 0.5) is 17.3 Å². The highest BCUT2D eigenvalue weighted by atomic mass is 35.5. The highest BCUT2D eigenvalue weighted by Crippen LogP contribution is 2.28. The predicted molar refractivity (Wildman–Crippen MR) is 98.2 cm³/mol. The predicted octanol–water partition coefficient (Wildman–Crippen LogP) is 2.69. The lowest BCUT2D eigenvalue weighted by Gasteiger charge is -2.09. The minimum atomic E-state index is 0.0142. The van der Waals surface area contributed by atoms with Crippen molar-refractivity contribution in [2.75, 3.05) is 23.7 Å². The smallest absolute Gasteiger partial charge is 0.219 e. The van der Waals surface area contributed by atoms with Gasteiger partial charge >= 0.3 is 0 Å². The van der Waals surface area contributed by atoms with Crippen LogP contribution in [0.15, 0.2) is 30.6 Å². The molecule has 0 aliphatic heterocycles. The second kappa shape index (κ2) is 7.80. The molecule has 8 nitrogen and oxygen atoms in total. The molecule has 2 aromatic heterocycles. The van der Waals surface area contributed by atoms with Crippen LogP contribution in [0.2, 0.25) is 5.02 Å². The zero-order chi connectivity index (χ0) is 17.6. The molecule has 0 saturated carbocycles. The Labute approximate surface area is 149 Å². The van der Waals surface area contributed by atoms with Crippen molar-refractivity contribution in [3.8, 4) is 0 Å². The molecule has 0 bridgehead atoms. The van der Waals surface area contributed by atoms with E-state index in [0.717, 1.165) is 11.1 Å². The van der Waals surface area contributed by atoms with Gasteiger partial charge in [-0.25, -0.2) is 9.97 Å². The third kappa shape index (κ3) is 4.16. The molecule has 1 aromatic carbocycles. The van der Waals surface area contributed by atoms with Gasteiger partial charge in [-0.1, -0.05) is 24.6 Å². The Morgan fingerprint density at radius 3 is 2.92 bits per heavy atom. The van der Waals surface area contributed by atoms with Gasteiger partial charge in [-0.15, -0.1) is 0 Å². The number of carbonyl (C=O) groups excluding carboxylic acids is 1. The van der Waals surface area contributed by atoms with E-state index in [2.05, 4.69) is 36.1 Å². The first kappa shape index (κ1) is 17.0. The number of benzene rings is 1. The molecule has 0 spiro atoms. The number of amides is 1. The first-order valence-electron chi connectivity index (χ1n) is 7.89. The monoisotopic (exact) mass is 359 g/mol. The van der Waals surface area contributed by atoms with Gasteiger partial charge in [0.25, 0.3) is 0 Å². The van der Waals surface area contributed by atoms with E-state index < -0.39 is 0 Å². The number of anilines is 3. The van der Waals surface area contributed by atoms with E-state index in [4.69, 9.17) is 11.6 Å². The van der Waals surface area contributed by atoms with E-state index in [1.165, 1.54) is 6.33 Å². The van der Waals surface area contributed by atoms with Crippen molar-refractivity contribution >= 4 is 45.9 Å². The van der Waals surface area contributed by atoms with Crippen molar-refractivity contribution in [2.24, 2.45) is 0 Å². The van der Waals surface area contributed by atoms with E-state index in [0.29, 0.717) is 41.8 Å². The van der Waals surface area contributed by atoms with Crippen molar-refractivity contribution < 1.29 is 4.79 Å². The van der Waals surface area contributed by atoms with Crippen LogP contribution in [0.3, 0.4) is 0 Å². The lowest BCUT2D eigenvalue weighted by Crippen LogP contribution is -2.28. The van der Waals surface area contributed by atoms with Gasteiger partial charge in [0.05, 0.1) is 0 Å². The van der Waals surface area contributed by atoms with Gasteiger partial charge in [-0.05, 0) is 18.2 Å². The average molecular weight is 360 g/mol. The number of hydrogen-bond donors (Lipinski definition) is 4. The molecule has 0 radical (unpaired) electrons. The number of H-pyrrole nitrogens is 1. The Morgan fingerprint density at radius 1 is 1.24 bits per heavy atom. The number of aromatic nitrogens is 4. The zero-order valence-corrected chi connectivity index (χ0v) is 14.4. The van der Waals surface area contributed by atoms with Gasteiger partial charge in [0, 0.05) is 30.2 Å². The van der Waals surface area contributed by atoms with Crippen LogP contribution < -0.4 is 16.0 Å². The lowest BCUT2D eigenvalue weighted by molar-refractivity contribution is -0.120. The van der Waals surface area contributed by atoms with Gasteiger partial charge in [-0.3, -0.25) is 9.89 Å². The largest absolute Gasteiger partial charge is 0.366 e. The number of carbonyl (C=O) groups is 1. The highest BCUT2D eigenvalue weighted by Gasteiger charge is 2.13. The maximum absolute atomic E-state index is 11.3. The van der Waals surface area contributed by atoms with Crippen molar-refractivity contribution in [1.29, 1.82) is 0 Å². The van der Waals surface area contributed by atoms with E-state index >= 15 is 0 Å². The van der Waals surface area contributed by atoms with Gasteiger partial charge in [0.15, 0.2) is 11.5 Å². The number of fused-ring (bicyclic) bond motifs is 1. The summed E-state index contributed by atoms with van der Waals surface area (Å²) in [4.78, 5) is 19.8. The minimum absolute atomic E-state index is 0.0142. The Bertz CT molecular complexity index is 880. The molecular formula is C16H18ClN7O. The molecule has 0 fully saturated rings. The molecule has 1 amide bonds. The van der Waals surface area contributed by atoms with Crippen LogP contribution in [0, 0.1) is 0 Å². The standard InChI is InChI=1S/C16H18ClN7O/c1-2-12(25)18-6-7-19-15-13-14(20-9-21-16(13)24-23-15)22-11-5-3-4-10(17)8-11/h3-5,8-9H,2,6-7H2,1H3,(H,18,25)(H3,19,20,21,22,23,24). The van der Waals surface area contributed by atoms with Gasteiger partial charge in [-0.2, -0.15) is 5.10 Å². The normalized spacial score (nSPS) is 10.6. The van der Waals surface area contributed by atoms with Crippen molar-refractivity contribution in [3.05, 3.63) is 35.6 Å². The topological polar surface area (TPSA) is 108 Å². The first-order valence-corrected chi connectivity index (χ1v) is 8.27. The second-order valence-electron chi connectivity index (χ2n) is 5.28. The molecular weight excluding hydrogens is 342 g/mol.